The summed E-state index contributed by atoms with van der Waals surface area (Å²) in [5, 5.41) is 18.1. The summed E-state index contributed by atoms with van der Waals surface area (Å²) >= 11 is 0. The van der Waals surface area contributed by atoms with Gasteiger partial charge < -0.3 is 9.84 Å². The Morgan fingerprint density at radius 2 is 1.66 bits per heavy atom. The molecule has 3 aromatic carbocycles. The lowest BCUT2D eigenvalue weighted by Gasteiger charge is -2.13. The van der Waals surface area contributed by atoms with Gasteiger partial charge in [0.15, 0.2) is 0 Å². The van der Waals surface area contributed by atoms with Gasteiger partial charge in [0.05, 0.1) is 24.0 Å². The van der Waals surface area contributed by atoms with Crippen LogP contribution < -0.4 is 10.3 Å². The van der Waals surface area contributed by atoms with Gasteiger partial charge in [-0.2, -0.15) is 13.2 Å². The van der Waals surface area contributed by atoms with E-state index in [0.717, 1.165) is 23.3 Å². The molecule has 1 N–H and O–H groups in total. The van der Waals surface area contributed by atoms with Crippen molar-refractivity contribution in [2.45, 2.75) is 38.4 Å². The maximum absolute atomic E-state index is 12.8. The number of methoxy groups -OCH3 is 1. The first-order chi connectivity index (χ1) is 18.2. The van der Waals surface area contributed by atoms with E-state index < -0.39 is 23.6 Å². The highest BCUT2D eigenvalue weighted by Crippen LogP contribution is 2.31. The molecule has 10 heteroatoms. The summed E-state index contributed by atoms with van der Waals surface area (Å²) in [5.41, 5.74) is 1.78. The highest BCUT2D eigenvalue weighted by atomic mass is 19.4. The summed E-state index contributed by atoms with van der Waals surface area (Å²) in [6.45, 7) is 0.123. The Morgan fingerprint density at radius 3 is 2.26 bits per heavy atom. The molecule has 198 valence electrons. The fourth-order valence-electron chi connectivity index (χ4n) is 4.32. The van der Waals surface area contributed by atoms with Gasteiger partial charge in [-0.3, -0.25) is 9.59 Å². The molecule has 1 aromatic heterocycles. The SMILES string of the molecule is COc1cccc2c(=O)n(CCC(CCCc3ccc(-c4ccc(C(F)(F)F)cc4)cc3)C(=O)O)nnc12. The summed E-state index contributed by atoms with van der Waals surface area (Å²) in [7, 11) is 1.48. The molecular formula is C28H26F3N3O4. The second kappa shape index (κ2) is 11.5. The Labute approximate surface area is 216 Å². The number of hydrogen-bond donors (Lipinski definition) is 1. The summed E-state index contributed by atoms with van der Waals surface area (Å²) in [5.74, 6) is -1.16. The predicted molar refractivity (Wildman–Crippen MR) is 136 cm³/mol. The summed E-state index contributed by atoms with van der Waals surface area (Å²) < 4.78 is 44.7. The van der Waals surface area contributed by atoms with Crippen molar-refractivity contribution in [3.63, 3.8) is 0 Å². The molecule has 0 radical (unpaired) electrons. The standard InChI is InChI=1S/C28H26F3N3O4/c1-38-24-7-3-6-23-25(24)32-33-34(26(23)35)17-16-21(27(36)37)5-2-4-18-8-10-19(11-9-18)20-12-14-22(15-13-20)28(29,30)31/h3,6-15,21H,2,4-5,16-17H2,1H3,(H,36,37). The number of rotatable bonds is 10. The van der Waals surface area contributed by atoms with Crippen LogP contribution in [0, 0.1) is 5.92 Å². The Balaban J connectivity index is 1.33. The van der Waals surface area contributed by atoms with Crippen LogP contribution in [0.2, 0.25) is 0 Å². The van der Waals surface area contributed by atoms with Crippen LogP contribution in [0.25, 0.3) is 22.0 Å². The van der Waals surface area contributed by atoms with Crippen LogP contribution in [0.15, 0.2) is 71.5 Å². The zero-order valence-corrected chi connectivity index (χ0v) is 20.6. The van der Waals surface area contributed by atoms with E-state index in [4.69, 9.17) is 4.74 Å². The van der Waals surface area contributed by atoms with Crippen LogP contribution in [-0.2, 0) is 23.9 Å². The van der Waals surface area contributed by atoms with Crippen molar-refractivity contribution < 1.29 is 27.8 Å². The van der Waals surface area contributed by atoms with E-state index in [9.17, 15) is 27.9 Å². The summed E-state index contributed by atoms with van der Waals surface area (Å²) in [4.78, 5) is 24.6. The number of aromatic nitrogens is 3. The minimum atomic E-state index is -4.37. The monoisotopic (exact) mass is 525 g/mol. The van der Waals surface area contributed by atoms with Gasteiger partial charge in [0.2, 0.25) is 0 Å². The predicted octanol–water partition coefficient (Wildman–Crippen LogP) is 5.60. The van der Waals surface area contributed by atoms with E-state index in [-0.39, 0.29) is 18.5 Å². The van der Waals surface area contributed by atoms with Gasteiger partial charge in [-0.25, -0.2) is 4.68 Å². The normalized spacial score (nSPS) is 12.4. The molecular weight excluding hydrogens is 499 g/mol. The fourth-order valence-corrected chi connectivity index (χ4v) is 4.32. The highest BCUT2D eigenvalue weighted by molar-refractivity contribution is 5.83. The number of aryl methyl sites for hydroxylation is 2. The average molecular weight is 526 g/mol. The van der Waals surface area contributed by atoms with Crippen LogP contribution in [0.5, 0.6) is 5.75 Å². The third-order valence-electron chi connectivity index (χ3n) is 6.49. The highest BCUT2D eigenvalue weighted by Gasteiger charge is 2.30. The van der Waals surface area contributed by atoms with Gasteiger partial charge >= 0.3 is 12.1 Å². The van der Waals surface area contributed by atoms with Crippen molar-refractivity contribution in [3.05, 3.63) is 88.2 Å². The molecule has 0 aliphatic carbocycles. The number of halogens is 3. The Bertz CT molecular complexity index is 1470. The Morgan fingerprint density at radius 1 is 1.00 bits per heavy atom. The molecule has 0 aliphatic heterocycles. The topological polar surface area (TPSA) is 94.3 Å². The van der Waals surface area contributed by atoms with Crippen molar-refractivity contribution in [1.29, 1.82) is 0 Å². The minimum absolute atomic E-state index is 0.123. The maximum atomic E-state index is 12.8. The Hall–Kier alpha value is -4.21. The van der Waals surface area contributed by atoms with Gasteiger partial charge in [-0.05, 0) is 66.6 Å². The molecule has 0 saturated carbocycles. The van der Waals surface area contributed by atoms with E-state index >= 15 is 0 Å². The number of carboxylic acid groups (broad SMARTS) is 1. The number of nitrogens with zero attached hydrogens (tertiary/aromatic N) is 3. The first-order valence-corrected chi connectivity index (χ1v) is 12.1. The third-order valence-corrected chi connectivity index (χ3v) is 6.49. The fraction of sp³-hybridized carbons (Fsp3) is 0.286. The van der Waals surface area contributed by atoms with Gasteiger partial charge in [-0.15, -0.1) is 5.10 Å². The quantitative estimate of drug-likeness (QED) is 0.290. The van der Waals surface area contributed by atoms with Crippen molar-refractivity contribution >= 4 is 16.9 Å². The van der Waals surface area contributed by atoms with Crippen LogP contribution in [0.3, 0.4) is 0 Å². The van der Waals surface area contributed by atoms with Gasteiger partial charge in [0.1, 0.15) is 11.3 Å². The molecule has 7 nitrogen and oxygen atoms in total. The van der Waals surface area contributed by atoms with E-state index in [1.54, 1.807) is 18.2 Å². The lowest BCUT2D eigenvalue weighted by molar-refractivity contribution is -0.142. The van der Waals surface area contributed by atoms with Crippen molar-refractivity contribution in [1.82, 2.24) is 15.0 Å². The molecule has 0 spiro atoms. The molecule has 1 heterocycles. The zero-order chi connectivity index (χ0) is 27.3. The second-order valence-electron chi connectivity index (χ2n) is 8.96. The molecule has 1 atom stereocenters. The van der Waals surface area contributed by atoms with Crippen molar-refractivity contribution in [2.24, 2.45) is 5.92 Å². The van der Waals surface area contributed by atoms with Crippen LogP contribution in [0.1, 0.15) is 30.4 Å². The average Bonchev–Trinajstić information content (AvgIpc) is 2.91. The molecule has 38 heavy (non-hydrogen) atoms. The number of ether oxygens (including phenoxy) is 1. The van der Waals surface area contributed by atoms with E-state index in [1.807, 2.05) is 24.3 Å². The number of aliphatic carboxylic acids is 1. The molecule has 4 aromatic rings. The molecule has 0 aliphatic rings. The van der Waals surface area contributed by atoms with Crippen molar-refractivity contribution in [2.75, 3.05) is 7.11 Å². The van der Waals surface area contributed by atoms with Crippen LogP contribution in [-0.4, -0.2) is 33.2 Å². The van der Waals surface area contributed by atoms with E-state index in [1.165, 1.54) is 23.9 Å². The first kappa shape index (κ1) is 26.8. The lowest BCUT2D eigenvalue weighted by Crippen LogP contribution is -2.27. The summed E-state index contributed by atoms with van der Waals surface area (Å²) in [6.07, 6.45) is -2.46. The third kappa shape index (κ3) is 6.19. The number of benzene rings is 3. The van der Waals surface area contributed by atoms with E-state index in [0.29, 0.717) is 41.5 Å². The van der Waals surface area contributed by atoms with Crippen molar-refractivity contribution in [3.8, 4) is 16.9 Å². The number of alkyl halides is 3. The van der Waals surface area contributed by atoms with Gasteiger partial charge in [0, 0.05) is 6.54 Å². The second-order valence-corrected chi connectivity index (χ2v) is 8.96. The number of hydrogen-bond acceptors (Lipinski definition) is 5. The molecule has 1 unspecified atom stereocenters. The molecule has 0 fully saturated rings. The molecule has 4 rings (SSSR count). The first-order valence-electron chi connectivity index (χ1n) is 12.1. The zero-order valence-electron chi connectivity index (χ0n) is 20.6. The molecule has 0 bridgehead atoms. The lowest BCUT2D eigenvalue weighted by atomic mass is 9.95. The van der Waals surface area contributed by atoms with Gasteiger partial charge in [-0.1, -0.05) is 47.7 Å². The largest absolute Gasteiger partial charge is 0.494 e. The maximum Gasteiger partial charge on any atom is 0.416 e. The smallest absolute Gasteiger partial charge is 0.416 e. The number of carbonyl (C=O) groups is 1. The van der Waals surface area contributed by atoms with E-state index in [2.05, 4.69) is 10.3 Å². The van der Waals surface area contributed by atoms with Gasteiger partial charge in [0.25, 0.3) is 5.56 Å². The summed E-state index contributed by atoms with van der Waals surface area (Å²) in [6, 6.07) is 17.5. The van der Waals surface area contributed by atoms with Crippen LogP contribution in [0.4, 0.5) is 13.2 Å². The number of carboxylic acids is 1. The molecule has 0 amide bonds. The minimum Gasteiger partial charge on any atom is -0.494 e. The Kier molecular flexibility index (Phi) is 8.09. The molecule has 0 saturated heterocycles. The number of fused-ring (bicyclic) bond motifs is 1. The van der Waals surface area contributed by atoms with Crippen LogP contribution >= 0.6 is 0 Å².